The van der Waals surface area contributed by atoms with Crippen LogP contribution in [0, 0.1) is 5.82 Å². The fourth-order valence-electron chi connectivity index (χ4n) is 3.49. The molecule has 3 aromatic rings. The number of nitrogens with zero attached hydrogens (tertiary/aromatic N) is 2. The molecule has 0 radical (unpaired) electrons. The van der Waals surface area contributed by atoms with Crippen LogP contribution in [0.5, 0.6) is 0 Å². The van der Waals surface area contributed by atoms with Gasteiger partial charge in [0, 0.05) is 35.2 Å². The highest BCUT2D eigenvalue weighted by Crippen LogP contribution is 2.21. The van der Waals surface area contributed by atoms with E-state index in [-0.39, 0.29) is 5.56 Å². The van der Waals surface area contributed by atoms with E-state index in [2.05, 4.69) is 10.00 Å². The molecule has 1 aliphatic rings. The van der Waals surface area contributed by atoms with Crippen molar-refractivity contribution < 1.29 is 4.39 Å². The largest absolute Gasteiger partial charge is 0.298 e. The molecular formula is C20H18Cl2FN3O. The molecule has 0 fully saturated rings. The standard InChI is InChI=1S/C20H18Cl2FN3O/c21-15-3-1-2-13(8-15)10-25-7-6-17-19(12-25)24-26(20(17)27)11-14-4-5-16(23)9-18(14)22/h1-5,8-9,24H,6-7,10-12H2. The summed E-state index contributed by atoms with van der Waals surface area (Å²) in [4.78, 5) is 15.0. The molecule has 2 aromatic carbocycles. The number of halogens is 3. The Morgan fingerprint density at radius 3 is 2.74 bits per heavy atom. The molecule has 0 saturated heterocycles. The number of rotatable bonds is 4. The molecule has 0 amide bonds. The van der Waals surface area contributed by atoms with E-state index in [1.54, 1.807) is 10.7 Å². The van der Waals surface area contributed by atoms with E-state index in [1.165, 1.54) is 12.1 Å². The fourth-order valence-corrected chi connectivity index (χ4v) is 3.93. The summed E-state index contributed by atoms with van der Waals surface area (Å²) in [6.07, 6.45) is 0.690. The number of nitrogens with one attached hydrogen (secondary N) is 1. The van der Waals surface area contributed by atoms with Crippen LogP contribution < -0.4 is 5.56 Å². The first-order valence-electron chi connectivity index (χ1n) is 8.71. The van der Waals surface area contributed by atoms with Crippen molar-refractivity contribution >= 4 is 23.2 Å². The van der Waals surface area contributed by atoms with Gasteiger partial charge in [0.15, 0.2) is 0 Å². The maximum absolute atomic E-state index is 13.2. The molecule has 0 atom stereocenters. The average molecular weight is 406 g/mol. The van der Waals surface area contributed by atoms with E-state index in [0.717, 1.165) is 34.9 Å². The van der Waals surface area contributed by atoms with Crippen molar-refractivity contribution in [2.75, 3.05) is 6.54 Å². The van der Waals surface area contributed by atoms with Gasteiger partial charge < -0.3 is 0 Å². The number of H-pyrrole nitrogens is 1. The van der Waals surface area contributed by atoms with Gasteiger partial charge in [-0.1, -0.05) is 41.4 Å². The number of aromatic nitrogens is 2. The molecule has 7 heteroatoms. The van der Waals surface area contributed by atoms with E-state index >= 15 is 0 Å². The minimum Gasteiger partial charge on any atom is -0.298 e. The van der Waals surface area contributed by atoms with Gasteiger partial charge >= 0.3 is 0 Å². The molecule has 4 nitrogen and oxygen atoms in total. The maximum Gasteiger partial charge on any atom is 0.270 e. The lowest BCUT2D eigenvalue weighted by atomic mass is 10.1. The van der Waals surface area contributed by atoms with Gasteiger partial charge in [0.25, 0.3) is 5.56 Å². The molecule has 2 heterocycles. The van der Waals surface area contributed by atoms with E-state index in [9.17, 15) is 9.18 Å². The topological polar surface area (TPSA) is 41.0 Å². The van der Waals surface area contributed by atoms with Gasteiger partial charge in [-0.05, 0) is 41.8 Å². The Labute approximate surface area is 166 Å². The minimum atomic E-state index is -0.390. The maximum atomic E-state index is 13.2. The normalized spacial score (nSPS) is 14.3. The molecule has 27 heavy (non-hydrogen) atoms. The zero-order chi connectivity index (χ0) is 19.0. The summed E-state index contributed by atoms with van der Waals surface area (Å²) in [5.41, 5.74) is 3.55. The third kappa shape index (κ3) is 3.95. The average Bonchev–Trinajstić information content (AvgIpc) is 2.93. The lowest BCUT2D eigenvalue weighted by Gasteiger charge is -2.26. The molecule has 0 aliphatic carbocycles. The smallest absolute Gasteiger partial charge is 0.270 e. The summed E-state index contributed by atoms with van der Waals surface area (Å²) in [6.45, 7) is 2.54. The summed E-state index contributed by atoms with van der Waals surface area (Å²) in [6, 6.07) is 12.0. The first-order valence-corrected chi connectivity index (χ1v) is 9.46. The zero-order valence-electron chi connectivity index (χ0n) is 14.5. The summed E-state index contributed by atoms with van der Waals surface area (Å²) < 4.78 is 14.8. The quantitative estimate of drug-likeness (QED) is 0.705. The third-order valence-corrected chi connectivity index (χ3v) is 5.42. The number of hydrogen-bond donors (Lipinski definition) is 1. The molecular weight excluding hydrogens is 388 g/mol. The van der Waals surface area contributed by atoms with Crippen molar-refractivity contribution in [3.8, 4) is 0 Å². The molecule has 1 N–H and O–H groups in total. The van der Waals surface area contributed by atoms with Crippen LogP contribution in [0.4, 0.5) is 4.39 Å². The third-order valence-electron chi connectivity index (χ3n) is 4.84. The first kappa shape index (κ1) is 18.3. The second kappa shape index (κ2) is 7.50. The highest BCUT2D eigenvalue weighted by Gasteiger charge is 2.22. The number of benzene rings is 2. The van der Waals surface area contributed by atoms with Crippen LogP contribution >= 0.6 is 23.2 Å². The Hall–Kier alpha value is -2.08. The van der Waals surface area contributed by atoms with E-state index in [4.69, 9.17) is 23.2 Å². The van der Waals surface area contributed by atoms with E-state index in [1.807, 2.05) is 24.3 Å². The predicted octanol–water partition coefficient (Wildman–Crippen LogP) is 4.23. The van der Waals surface area contributed by atoms with Crippen molar-refractivity contribution in [3.05, 3.63) is 91.1 Å². The minimum absolute atomic E-state index is 0.0344. The Morgan fingerprint density at radius 2 is 1.96 bits per heavy atom. The SMILES string of the molecule is O=c1c2c([nH]n1Cc1ccc(F)cc1Cl)CN(Cc1cccc(Cl)c1)CC2. The number of aromatic amines is 1. The van der Waals surface area contributed by atoms with Gasteiger partial charge in [-0.15, -0.1) is 0 Å². The van der Waals surface area contributed by atoms with Crippen molar-refractivity contribution in [1.82, 2.24) is 14.7 Å². The molecule has 0 unspecified atom stereocenters. The van der Waals surface area contributed by atoms with E-state index in [0.29, 0.717) is 30.1 Å². The molecule has 4 rings (SSSR count). The molecule has 0 spiro atoms. The zero-order valence-corrected chi connectivity index (χ0v) is 16.0. The highest BCUT2D eigenvalue weighted by molar-refractivity contribution is 6.31. The Morgan fingerprint density at radius 1 is 1.11 bits per heavy atom. The number of fused-ring (bicyclic) bond motifs is 1. The van der Waals surface area contributed by atoms with Crippen LogP contribution in [0.15, 0.2) is 47.3 Å². The molecule has 1 aliphatic heterocycles. The highest BCUT2D eigenvalue weighted by atomic mass is 35.5. The Kier molecular flexibility index (Phi) is 5.08. The van der Waals surface area contributed by atoms with Gasteiger partial charge in [-0.3, -0.25) is 14.8 Å². The second-order valence-electron chi connectivity index (χ2n) is 6.79. The van der Waals surface area contributed by atoms with Gasteiger partial charge in [0.2, 0.25) is 0 Å². The monoisotopic (exact) mass is 405 g/mol. The van der Waals surface area contributed by atoms with Crippen LogP contribution in [-0.2, 0) is 26.1 Å². The molecule has 140 valence electrons. The molecule has 0 bridgehead atoms. The lowest BCUT2D eigenvalue weighted by molar-refractivity contribution is 0.242. The predicted molar refractivity (Wildman–Crippen MR) is 105 cm³/mol. The van der Waals surface area contributed by atoms with E-state index < -0.39 is 5.82 Å². The van der Waals surface area contributed by atoms with Crippen LogP contribution in [-0.4, -0.2) is 21.2 Å². The van der Waals surface area contributed by atoms with Crippen LogP contribution in [0.1, 0.15) is 22.4 Å². The van der Waals surface area contributed by atoms with Gasteiger partial charge in [0.1, 0.15) is 5.82 Å². The number of hydrogen-bond acceptors (Lipinski definition) is 2. The van der Waals surface area contributed by atoms with Crippen LogP contribution in [0.2, 0.25) is 10.0 Å². The van der Waals surface area contributed by atoms with Crippen LogP contribution in [0.3, 0.4) is 0 Å². The Balaban J connectivity index is 1.53. The summed E-state index contributed by atoms with van der Waals surface area (Å²) >= 11 is 12.2. The van der Waals surface area contributed by atoms with Crippen molar-refractivity contribution in [2.24, 2.45) is 0 Å². The summed E-state index contributed by atoms with van der Waals surface area (Å²) in [5.74, 6) is -0.390. The fraction of sp³-hybridized carbons (Fsp3) is 0.250. The Bertz CT molecular complexity index is 1040. The molecule has 1 aromatic heterocycles. The van der Waals surface area contributed by atoms with Crippen molar-refractivity contribution in [1.29, 1.82) is 0 Å². The van der Waals surface area contributed by atoms with Crippen LogP contribution in [0.25, 0.3) is 0 Å². The van der Waals surface area contributed by atoms with Gasteiger partial charge in [0.05, 0.1) is 12.2 Å². The lowest BCUT2D eigenvalue weighted by Crippen LogP contribution is -2.31. The molecule has 0 saturated carbocycles. The van der Waals surface area contributed by atoms with Crippen molar-refractivity contribution in [3.63, 3.8) is 0 Å². The van der Waals surface area contributed by atoms with Crippen molar-refractivity contribution in [2.45, 2.75) is 26.1 Å². The first-order chi connectivity index (χ1) is 13.0. The van der Waals surface area contributed by atoms with Gasteiger partial charge in [-0.2, -0.15) is 0 Å². The second-order valence-corrected chi connectivity index (χ2v) is 7.63. The summed E-state index contributed by atoms with van der Waals surface area (Å²) in [7, 11) is 0. The van der Waals surface area contributed by atoms with Gasteiger partial charge in [-0.25, -0.2) is 9.07 Å². The summed E-state index contributed by atoms with van der Waals surface area (Å²) in [5, 5.41) is 4.24.